The molecule has 12 heavy (non-hydrogen) atoms. The van der Waals surface area contributed by atoms with Crippen molar-refractivity contribution in [2.45, 2.75) is 11.2 Å². The first-order chi connectivity index (χ1) is 5.54. The minimum absolute atomic E-state index is 0.133. The van der Waals surface area contributed by atoms with Crippen LogP contribution >= 0.6 is 22.5 Å². The Labute approximate surface area is 75.4 Å². The predicted octanol–water partition coefficient (Wildman–Crippen LogP) is 2.43. The first-order valence-electron chi connectivity index (χ1n) is 2.74. The van der Waals surface area contributed by atoms with Crippen LogP contribution in [0.2, 0.25) is 0 Å². The molecule has 0 amide bonds. The van der Waals surface area contributed by atoms with Crippen molar-refractivity contribution >= 4 is 22.5 Å². The van der Waals surface area contributed by atoms with Crippen LogP contribution in [-0.4, -0.2) is 9.97 Å². The second-order valence-electron chi connectivity index (χ2n) is 1.83. The van der Waals surface area contributed by atoms with E-state index in [1.165, 1.54) is 6.20 Å². The van der Waals surface area contributed by atoms with Gasteiger partial charge in [-0.3, -0.25) is 4.98 Å². The van der Waals surface area contributed by atoms with Crippen molar-refractivity contribution < 1.29 is 13.2 Å². The zero-order valence-electron chi connectivity index (χ0n) is 5.54. The Hall–Kier alpha value is -0.430. The lowest BCUT2D eigenvalue weighted by atomic mass is 10.4. The highest BCUT2D eigenvalue weighted by atomic mass is 33.1. The van der Waals surface area contributed by atoms with E-state index in [-0.39, 0.29) is 5.03 Å². The van der Waals surface area contributed by atoms with Gasteiger partial charge in [0, 0.05) is 0 Å². The van der Waals surface area contributed by atoms with Crippen LogP contribution in [0.5, 0.6) is 0 Å². The number of hydrogen-bond donors (Lipinski definition) is 1. The van der Waals surface area contributed by atoms with E-state index in [0.29, 0.717) is 6.20 Å². The summed E-state index contributed by atoms with van der Waals surface area (Å²) in [6.07, 6.45) is -2.55. The van der Waals surface area contributed by atoms with Crippen LogP contribution in [0.3, 0.4) is 0 Å². The van der Waals surface area contributed by atoms with Gasteiger partial charge in [0.25, 0.3) is 0 Å². The van der Waals surface area contributed by atoms with Gasteiger partial charge in [0.05, 0.1) is 12.4 Å². The molecule has 1 aromatic heterocycles. The molecule has 0 unspecified atom stereocenters. The number of nitrogens with zero attached hydrogens (tertiary/aromatic N) is 2. The lowest BCUT2D eigenvalue weighted by Gasteiger charge is -2.04. The van der Waals surface area contributed by atoms with Crippen LogP contribution in [0.15, 0.2) is 17.4 Å². The summed E-state index contributed by atoms with van der Waals surface area (Å²) in [4.78, 5) is 6.63. The Morgan fingerprint density at radius 2 is 2.00 bits per heavy atom. The molecule has 0 N–H and O–H groups in total. The average molecular weight is 212 g/mol. The number of rotatable bonds is 1. The summed E-state index contributed by atoms with van der Waals surface area (Å²) < 4.78 is 35.9. The topological polar surface area (TPSA) is 25.8 Å². The third-order valence-electron chi connectivity index (χ3n) is 0.996. The molecule has 0 aliphatic carbocycles. The summed E-state index contributed by atoms with van der Waals surface area (Å²) in [5.74, 6) is 0. The zero-order valence-corrected chi connectivity index (χ0v) is 7.25. The minimum Gasteiger partial charge on any atom is -0.260 e. The molecule has 0 atom stereocenters. The maximum Gasteiger partial charge on any atom is 0.434 e. The van der Waals surface area contributed by atoms with Gasteiger partial charge in [0.2, 0.25) is 0 Å². The lowest BCUT2D eigenvalue weighted by Crippen LogP contribution is -2.08. The molecule has 7 heteroatoms. The van der Waals surface area contributed by atoms with Gasteiger partial charge in [-0.2, -0.15) is 13.2 Å². The van der Waals surface area contributed by atoms with Crippen LogP contribution in [0.1, 0.15) is 5.69 Å². The molecule has 0 aliphatic heterocycles. The third-order valence-corrected chi connectivity index (χ3v) is 1.94. The average Bonchev–Trinajstić information content (AvgIpc) is 2.03. The minimum atomic E-state index is -4.44. The van der Waals surface area contributed by atoms with Crippen LogP contribution in [-0.2, 0) is 6.18 Å². The Balaban J connectivity index is 3.02. The zero-order chi connectivity index (χ0) is 9.19. The van der Waals surface area contributed by atoms with Gasteiger partial charge in [-0.15, -0.1) is 11.7 Å². The van der Waals surface area contributed by atoms with E-state index in [1.807, 2.05) is 0 Å². The molecule has 0 aromatic carbocycles. The van der Waals surface area contributed by atoms with Gasteiger partial charge < -0.3 is 0 Å². The highest BCUT2D eigenvalue weighted by molar-refractivity contribution is 8.68. The summed E-state index contributed by atoms with van der Waals surface area (Å²) in [5.41, 5.74) is -0.999. The number of hydrogen-bond acceptors (Lipinski definition) is 4. The summed E-state index contributed by atoms with van der Waals surface area (Å²) in [7, 11) is 0.820. The Kier molecular flexibility index (Phi) is 2.84. The molecule has 0 fully saturated rings. The van der Waals surface area contributed by atoms with E-state index in [4.69, 9.17) is 0 Å². The molecule has 0 radical (unpaired) electrons. The number of aromatic nitrogens is 2. The van der Waals surface area contributed by atoms with E-state index < -0.39 is 11.9 Å². The third kappa shape index (κ3) is 2.28. The molecule has 0 aliphatic rings. The van der Waals surface area contributed by atoms with E-state index in [9.17, 15) is 13.2 Å². The SMILES string of the molecule is FC(F)(F)c1cncc(SS)n1. The van der Waals surface area contributed by atoms with Crippen molar-refractivity contribution in [2.24, 2.45) is 0 Å². The van der Waals surface area contributed by atoms with Gasteiger partial charge in [0.1, 0.15) is 5.03 Å². The molecule has 1 heterocycles. The van der Waals surface area contributed by atoms with Crippen molar-refractivity contribution in [3.63, 3.8) is 0 Å². The quantitative estimate of drug-likeness (QED) is 0.572. The molecule has 0 saturated heterocycles. The van der Waals surface area contributed by atoms with Crippen molar-refractivity contribution in [3.05, 3.63) is 18.1 Å². The normalized spacial score (nSPS) is 11.7. The smallest absolute Gasteiger partial charge is 0.260 e. The van der Waals surface area contributed by atoms with E-state index >= 15 is 0 Å². The standard InChI is InChI=1S/C5H3F3N2S2/c6-5(7,8)3-1-9-2-4(10-3)12-11/h1-2,11H. The van der Waals surface area contributed by atoms with Crippen molar-refractivity contribution in [1.29, 1.82) is 0 Å². The van der Waals surface area contributed by atoms with Crippen LogP contribution in [0, 0.1) is 0 Å². The van der Waals surface area contributed by atoms with Gasteiger partial charge in [0.15, 0.2) is 5.69 Å². The fraction of sp³-hybridized carbons (Fsp3) is 0.200. The molecule has 0 spiro atoms. The number of halogens is 3. The Morgan fingerprint density at radius 3 is 2.50 bits per heavy atom. The Morgan fingerprint density at radius 1 is 1.33 bits per heavy atom. The maximum atomic E-state index is 12.0. The maximum absolute atomic E-state index is 12.0. The highest BCUT2D eigenvalue weighted by Gasteiger charge is 2.33. The fourth-order valence-corrected chi connectivity index (χ4v) is 1.04. The predicted molar refractivity (Wildman–Crippen MR) is 41.9 cm³/mol. The van der Waals surface area contributed by atoms with Crippen LogP contribution in [0.25, 0.3) is 0 Å². The fourth-order valence-electron chi connectivity index (χ4n) is 0.529. The summed E-state index contributed by atoms with van der Waals surface area (Å²) in [5, 5.41) is 0.133. The molecule has 1 rings (SSSR count). The van der Waals surface area contributed by atoms with Crippen LogP contribution in [0.4, 0.5) is 13.2 Å². The summed E-state index contributed by atoms with van der Waals surface area (Å²) >= 11 is 3.70. The largest absolute Gasteiger partial charge is 0.434 e. The molecule has 66 valence electrons. The molecule has 0 saturated carbocycles. The molecular weight excluding hydrogens is 209 g/mol. The van der Waals surface area contributed by atoms with E-state index in [1.54, 1.807) is 0 Å². The first-order valence-corrected chi connectivity index (χ1v) is 4.61. The van der Waals surface area contributed by atoms with Gasteiger partial charge in [-0.05, 0) is 10.8 Å². The highest BCUT2D eigenvalue weighted by Crippen LogP contribution is 2.28. The summed E-state index contributed by atoms with van der Waals surface area (Å²) in [6, 6.07) is 0. The molecule has 1 aromatic rings. The second kappa shape index (κ2) is 3.53. The van der Waals surface area contributed by atoms with Gasteiger partial charge >= 0.3 is 6.18 Å². The van der Waals surface area contributed by atoms with E-state index in [0.717, 1.165) is 10.8 Å². The lowest BCUT2D eigenvalue weighted by molar-refractivity contribution is -0.141. The summed E-state index contributed by atoms with van der Waals surface area (Å²) in [6.45, 7) is 0. The monoisotopic (exact) mass is 212 g/mol. The molecule has 2 nitrogen and oxygen atoms in total. The van der Waals surface area contributed by atoms with Crippen LogP contribution < -0.4 is 0 Å². The molecular formula is C5H3F3N2S2. The van der Waals surface area contributed by atoms with Gasteiger partial charge in [-0.25, -0.2) is 4.98 Å². The number of alkyl halides is 3. The number of thiol groups is 1. The van der Waals surface area contributed by atoms with E-state index in [2.05, 4.69) is 21.6 Å². The van der Waals surface area contributed by atoms with Crippen molar-refractivity contribution in [1.82, 2.24) is 9.97 Å². The van der Waals surface area contributed by atoms with Crippen molar-refractivity contribution in [2.75, 3.05) is 0 Å². The second-order valence-corrected chi connectivity index (χ2v) is 2.98. The Bertz CT molecular complexity index is 276. The first kappa shape index (κ1) is 9.66. The van der Waals surface area contributed by atoms with Gasteiger partial charge in [-0.1, -0.05) is 0 Å². The van der Waals surface area contributed by atoms with Crippen molar-refractivity contribution in [3.8, 4) is 0 Å². The molecule has 0 bridgehead atoms.